The first-order chi connectivity index (χ1) is 13.7. The van der Waals surface area contributed by atoms with E-state index in [0.717, 1.165) is 64.4 Å². The highest BCUT2D eigenvalue weighted by molar-refractivity contribution is 6.33. The van der Waals surface area contributed by atoms with Crippen LogP contribution in [0, 0.1) is 23.7 Å². The number of fused-ring (bicyclic) bond motifs is 1. The van der Waals surface area contributed by atoms with Crippen LogP contribution in [0.15, 0.2) is 0 Å². The Morgan fingerprint density at radius 2 is 1.79 bits per heavy atom. The second-order valence-electron chi connectivity index (χ2n) is 6.95. The predicted molar refractivity (Wildman–Crippen MR) is 112 cm³/mol. The molecule has 2 aromatic rings. The molecule has 0 bridgehead atoms. The highest BCUT2D eigenvalue weighted by atomic mass is 35.5. The second-order valence-corrected chi connectivity index (χ2v) is 7.31. The minimum absolute atomic E-state index is 0.124. The molecule has 0 N–H and O–H groups in total. The highest BCUT2D eigenvalue weighted by Gasteiger charge is 2.24. The second kappa shape index (κ2) is 10.5. The van der Waals surface area contributed by atoms with Gasteiger partial charge in [0.05, 0.1) is 0 Å². The molecule has 0 aromatic carbocycles. The van der Waals surface area contributed by atoms with Crippen LogP contribution in [0.3, 0.4) is 0 Å². The summed E-state index contributed by atoms with van der Waals surface area (Å²) in [6.45, 7) is 5.04. The van der Waals surface area contributed by atoms with Gasteiger partial charge in [-0.1, -0.05) is 50.1 Å². The molecule has 148 valence electrons. The Morgan fingerprint density at radius 1 is 1.04 bits per heavy atom. The normalized spacial score (nSPS) is 16.3. The lowest BCUT2D eigenvalue weighted by atomic mass is 10.2. The van der Waals surface area contributed by atoms with Crippen LogP contribution in [-0.4, -0.2) is 26.1 Å². The minimum atomic E-state index is -0.124. The molecule has 0 saturated carbocycles. The standard InChI is InChI=1S/C22H27ClN4O/c1-3-5-7-9-13-17-24-21(23)20-22(25-17)27(19-15-11-12-16-28-19)18(26-20)14-10-8-6-4-2/h19H,3-8,11-12,15-16H2,1-2H3. The van der Waals surface area contributed by atoms with Crippen LogP contribution in [0.1, 0.15) is 89.5 Å². The van der Waals surface area contributed by atoms with Crippen LogP contribution in [-0.2, 0) is 4.74 Å². The minimum Gasteiger partial charge on any atom is -0.358 e. The Kier molecular flexibility index (Phi) is 7.71. The van der Waals surface area contributed by atoms with E-state index in [2.05, 4.69) is 52.5 Å². The van der Waals surface area contributed by atoms with Crippen molar-refractivity contribution >= 4 is 22.8 Å². The fraction of sp³-hybridized carbons (Fsp3) is 0.591. The largest absolute Gasteiger partial charge is 0.358 e. The van der Waals surface area contributed by atoms with Gasteiger partial charge in [0.15, 0.2) is 16.6 Å². The van der Waals surface area contributed by atoms with E-state index in [9.17, 15) is 0 Å². The van der Waals surface area contributed by atoms with E-state index >= 15 is 0 Å². The van der Waals surface area contributed by atoms with Crippen molar-refractivity contribution in [2.75, 3.05) is 6.61 Å². The number of imidazole rings is 1. The van der Waals surface area contributed by atoms with Crippen LogP contribution in [0.4, 0.5) is 0 Å². The van der Waals surface area contributed by atoms with Crippen LogP contribution in [0.25, 0.3) is 11.2 Å². The van der Waals surface area contributed by atoms with E-state index in [0.29, 0.717) is 28.0 Å². The third kappa shape index (κ3) is 5.04. The zero-order chi connectivity index (χ0) is 19.8. The van der Waals surface area contributed by atoms with Crippen molar-refractivity contribution < 1.29 is 4.74 Å². The molecule has 1 fully saturated rings. The number of rotatable bonds is 5. The molecule has 2 aromatic heterocycles. The van der Waals surface area contributed by atoms with Gasteiger partial charge in [0, 0.05) is 19.4 Å². The van der Waals surface area contributed by atoms with Gasteiger partial charge in [-0.3, -0.25) is 4.57 Å². The fourth-order valence-corrected chi connectivity index (χ4v) is 3.31. The van der Waals surface area contributed by atoms with Gasteiger partial charge < -0.3 is 4.74 Å². The van der Waals surface area contributed by atoms with Crippen LogP contribution in [0.5, 0.6) is 0 Å². The molecule has 0 amide bonds. The lowest BCUT2D eigenvalue weighted by Gasteiger charge is -2.24. The van der Waals surface area contributed by atoms with Crippen LogP contribution in [0.2, 0.25) is 5.15 Å². The monoisotopic (exact) mass is 398 g/mol. The number of ether oxygens (including phenoxy) is 1. The first-order valence-corrected chi connectivity index (χ1v) is 10.7. The van der Waals surface area contributed by atoms with Crippen molar-refractivity contribution in [3.63, 3.8) is 0 Å². The Labute approximate surface area is 172 Å². The molecular weight excluding hydrogens is 372 g/mol. The molecule has 5 nitrogen and oxygen atoms in total. The molecule has 0 aliphatic carbocycles. The van der Waals surface area contributed by atoms with Crippen molar-refractivity contribution in [3.05, 3.63) is 16.8 Å². The lowest BCUT2D eigenvalue weighted by molar-refractivity contribution is -0.0302. The summed E-state index contributed by atoms with van der Waals surface area (Å²) in [6.07, 6.45) is 9.01. The molecule has 0 spiro atoms. The third-order valence-electron chi connectivity index (χ3n) is 4.65. The van der Waals surface area contributed by atoms with Gasteiger partial charge in [0.25, 0.3) is 0 Å². The molecule has 1 aliphatic heterocycles. The number of halogens is 1. The maximum Gasteiger partial charge on any atom is 0.208 e. The summed E-state index contributed by atoms with van der Waals surface area (Å²) >= 11 is 6.43. The molecule has 3 rings (SSSR count). The highest BCUT2D eigenvalue weighted by Crippen LogP contribution is 2.29. The van der Waals surface area contributed by atoms with Crippen molar-refractivity contribution in [3.8, 4) is 23.7 Å². The summed E-state index contributed by atoms with van der Waals surface area (Å²) in [6, 6.07) is 0. The number of aromatic nitrogens is 4. The van der Waals surface area contributed by atoms with E-state index in [1.54, 1.807) is 0 Å². The molecule has 1 unspecified atom stereocenters. The van der Waals surface area contributed by atoms with Crippen LogP contribution >= 0.6 is 11.6 Å². The average molecular weight is 399 g/mol. The molecule has 28 heavy (non-hydrogen) atoms. The topological polar surface area (TPSA) is 52.8 Å². The van der Waals surface area contributed by atoms with Gasteiger partial charge in [-0.15, -0.1) is 0 Å². The number of hydrogen-bond acceptors (Lipinski definition) is 4. The zero-order valence-corrected chi connectivity index (χ0v) is 17.5. The lowest BCUT2D eigenvalue weighted by Crippen LogP contribution is -2.20. The summed E-state index contributed by atoms with van der Waals surface area (Å²) in [5.74, 6) is 13.7. The smallest absolute Gasteiger partial charge is 0.208 e. The Bertz CT molecular complexity index is 923. The Hall–Kier alpha value is -2.08. The average Bonchev–Trinajstić information content (AvgIpc) is 3.08. The summed E-state index contributed by atoms with van der Waals surface area (Å²) in [5, 5.41) is 0.316. The van der Waals surface area contributed by atoms with E-state index in [4.69, 9.17) is 16.3 Å². The number of nitrogens with zero attached hydrogens (tertiary/aromatic N) is 4. The molecule has 3 heterocycles. The van der Waals surface area contributed by atoms with E-state index < -0.39 is 0 Å². The van der Waals surface area contributed by atoms with Crippen molar-refractivity contribution in [2.45, 2.75) is 77.9 Å². The predicted octanol–water partition coefficient (Wildman–Crippen LogP) is 5.26. The van der Waals surface area contributed by atoms with Gasteiger partial charge in [-0.05, 0) is 43.9 Å². The summed E-state index contributed by atoms with van der Waals surface area (Å²) in [7, 11) is 0. The Morgan fingerprint density at radius 3 is 2.46 bits per heavy atom. The van der Waals surface area contributed by atoms with Gasteiger partial charge in [-0.2, -0.15) is 0 Å². The number of unbranched alkanes of at least 4 members (excludes halogenated alkanes) is 4. The molecule has 6 heteroatoms. The maximum atomic E-state index is 6.43. The zero-order valence-electron chi connectivity index (χ0n) is 16.7. The summed E-state index contributed by atoms with van der Waals surface area (Å²) in [4.78, 5) is 13.6. The molecule has 1 aliphatic rings. The van der Waals surface area contributed by atoms with Gasteiger partial charge in [-0.25, -0.2) is 15.0 Å². The number of hydrogen-bond donors (Lipinski definition) is 0. The third-order valence-corrected chi connectivity index (χ3v) is 4.92. The SMILES string of the molecule is CCCCC#Cc1nc(Cl)c2nc(C#CCCCC)n(C3CCCCO3)c2n1. The first-order valence-electron chi connectivity index (χ1n) is 10.3. The molecular formula is C22H27ClN4O. The van der Waals surface area contributed by atoms with Crippen molar-refractivity contribution in [1.29, 1.82) is 0 Å². The first kappa shape index (κ1) is 20.6. The Balaban J connectivity index is 2.04. The fourth-order valence-electron chi connectivity index (χ4n) is 3.10. The van der Waals surface area contributed by atoms with Crippen molar-refractivity contribution in [2.24, 2.45) is 0 Å². The van der Waals surface area contributed by atoms with Gasteiger partial charge in [0.2, 0.25) is 5.82 Å². The molecule has 1 atom stereocenters. The summed E-state index contributed by atoms with van der Waals surface area (Å²) in [5.41, 5.74) is 1.22. The summed E-state index contributed by atoms with van der Waals surface area (Å²) < 4.78 is 7.99. The van der Waals surface area contributed by atoms with E-state index in [1.807, 2.05) is 4.57 Å². The van der Waals surface area contributed by atoms with Crippen molar-refractivity contribution in [1.82, 2.24) is 19.5 Å². The molecule has 1 saturated heterocycles. The van der Waals surface area contributed by atoms with Gasteiger partial charge >= 0.3 is 0 Å². The van der Waals surface area contributed by atoms with E-state index in [1.165, 1.54) is 0 Å². The van der Waals surface area contributed by atoms with Gasteiger partial charge in [0.1, 0.15) is 11.7 Å². The maximum absolute atomic E-state index is 6.43. The van der Waals surface area contributed by atoms with Crippen LogP contribution < -0.4 is 0 Å². The molecule has 0 radical (unpaired) electrons. The quantitative estimate of drug-likeness (QED) is 0.391. The van der Waals surface area contributed by atoms with E-state index in [-0.39, 0.29) is 6.23 Å².